The molecule has 0 radical (unpaired) electrons. The van der Waals surface area contributed by atoms with Crippen molar-refractivity contribution in [2.24, 2.45) is 5.92 Å². The fraction of sp³-hybridized carbons (Fsp3) is 0.536. The SMILES string of the molecule is O=C1NS(=O)(=O)CCCCCS[C@@H]2CC[C@@H]2CN2CCCCc3cc(Cl)ccc3COc3ccc1cc32. The maximum Gasteiger partial charge on any atom is 0.264 e. The number of nitrogens with zero attached hydrogens (tertiary/aromatic N) is 1. The van der Waals surface area contributed by atoms with Crippen LogP contribution in [0.2, 0.25) is 5.02 Å². The lowest BCUT2D eigenvalue weighted by Gasteiger charge is -2.41. The molecule has 3 aliphatic rings. The first kappa shape index (κ1) is 26.7. The van der Waals surface area contributed by atoms with Gasteiger partial charge < -0.3 is 9.64 Å². The van der Waals surface area contributed by atoms with E-state index in [1.165, 1.54) is 18.4 Å². The zero-order valence-corrected chi connectivity index (χ0v) is 23.5. The molecule has 1 amide bonds. The van der Waals surface area contributed by atoms with Gasteiger partial charge in [0.1, 0.15) is 12.4 Å². The quantitative estimate of drug-likeness (QED) is 0.436. The molecule has 1 N–H and O–H groups in total. The van der Waals surface area contributed by atoms with Gasteiger partial charge in [-0.2, -0.15) is 11.8 Å². The summed E-state index contributed by atoms with van der Waals surface area (Å²) in [6.07, 6.45) is 7.85. The maximum absolute atomic E-state index is 13.0. The van der Waals surface area contributed by atoms with E-state index in [1.807, 2.05) is 42.1 Å². The molecule has 6 nitrogen and oxygen atoms in total. The van der Waals surface area contributed by atoms with Crippen LogP contribution in [0.1, 0.15) is 66.4 Å². The van der Waals surface area contributed by atoms with E-state index >= 15 is 0 Å². The summed E-state index contributed by atoms with van der Waals surface area (Å²) in [6.45, 7) is 2.18. The number of carbonyl (C=O) groups is 1. The summed E-state index contributed by atoms with van der Waals surface area (Å²) in [5.74, 6) is 1.76. The standard InChI is InChI=1S/C28H35ClN2O4S2/c29-24-10-7-23-19-35-26-11-8-21-17-25(26)31(13-3-2-6-20(23)16-24)18-22-9-12-27(22)36-14-4-1-5-15-37(33,34)30-28(21)32/h7-8,10-11,16-17,22,27H,1-6,9,12-15,18-19H2,(H,30,32)/t22-,27-/m1/s1. The number of benzene rings is 2. The molecule has 2 aromatic carbocycles. The molecule has 5 rings (SSSR count). The van der Waals surface area contributed by atoms with Crippen molar-refractivity contribution in [1.29, 1.82) is 0 Å². The molecule has 2 aliphatic heterocycles. The van der Waals surface area contributed by atoms with Crippen LogP contribution >= 0.6 is 23.4 Å². The van der Waals surface area contributed by atoms with Crippen LogP contribution in [0.4, 0.5) is 5.69 Å². The zero-order valence-electron chi connectivity index (χ0n) is 21.1. The van der Waals surface area contributed by atoms with Gasteiger partial charge in [-0.25, -0.2) is 13.1 Å². The molecule has 2 aromatic rings. The van der Waals surface area contributed by atoms with E-state index in [0.29, 0.717) is 35.5 Å². The topological polar surface area (TPSA) is 75.7 Å². The number of thioether (sulfide) groups is 1. The Bertz CT molecular complexity index is 1240. The normalized spacial score (nSPS) is 24.8. The average molecular weight is 563 g/mol. The number of fused-ring (bicyclic) bond motifs is 3. The first-order chi connectivity index (χ1) is 17.9. The highest BCUT2D eigenvalue weighted by atomic mass is 35.5. The van der Waals surface area contributed by atoms with Crippen molar-refractivity contribution in [3.05, 3.63) is 58.1 Å². The van der Waals surface area contributed by atoms with Crippen LogP contribution in [0, 0.1) is 5.92 Å². The third kappa shape index (κ3) is 6.76. The van der Waals surface area contributed by atoms with Gasteiger partial charge in [0.25, 0.3) is 5.91 Å². The summed E-state index contributed by atoms with van der Waals surface area (Å²) in [4.78, 5) is 15.4. The van der Waals surface area contributed by atoms with Gasteiger partial charge in [-0.1, -0.05) is 24.1 Å². The molecule has 2 bridgehead atoms. The van der Waals surface area contributed by atoms with Crippen LogP contribution in [0.15, 0.2) is 36.4 Å². The molecule has 1 saturated carbocycles. The van der Waals surface area contributed by atoms with Gasteiger partial charge in [0.2, 0.25) is 10.0 Å². The Hall–Kier alpha value is -1.90. The molecule has 200 valence electrons. The monoisotopic (exact) mass is 562 g/mol. The van der Waals surface area contributed by atoms with Crippen molar-refractivity contribution in [2.45, 2.75) is 63.2 Å². The Kier molecular flexibility index (Phi) is 8.57. The molecule has 1 aliphatic carbocycles. The largest absolute Gasteiger partial charge is 0.487 e. The predicted octanol–water partition coefficient (Wildman–Crippen LogP) is 5.82. The molecule has 37 heavy (non-hydrogen) atoms. The number of nitrogens with one attached hydrogen (secondary N) is 1. The second kappa shape index (κ2) is 11.9. The lowest BCUT2D eigenvalue weighted by molar-refractivity contribution is 0.0981. The predicted molar refractivity (Wildman–Crippen MR) is 151 cm³/mol. The van der Waals surface area contributed by atoms with Gasteiger partial charge in [-0.3, -0.25) is 4.79 Å². The smallest absolute Gasteiger partial charge is 0.264 e. The molecule has 0 aromatic heterocycles. The molecule has 0 unspecified atom stereocenters. The number of halogens is 1. The number of aryl methyl sites for hydroxylation is 1. The minimum atomic E-state index is -3.68. The van der Waals surface area contributed by atoms with Gasteiger partial charge in [0.05, 0.1) is 11.4 Å². The van der Waals surface area contributed by atoms with Crippen molar-refractivity contribution in [3.8, 4) is 5.75 Å². The number of anilines is 1. The van der Waals surface area contributed by atoms with Gasteiger partial charge in [0.15, 0.2) is 0 Å². The van der Waals surface area contributed by atoms with Gasteiger partial charge in [0, 0.05) is 28.9 Å². The van der Waals surface area contributed by atoms with Crippen LogP contribution in [0.5, 0.6) is 5.75 Å². The second-order valence-corrected chi connectivity index (χ2v) is 14.0. The summed E-state index contributed by atoms with van der Waals surface area (Å²) in [6, 6.07) is 11.2. The van der Waals surface area contributed by atoms with Gasteiger partial charge >= 0.3 is 0 Å². The Morgan fingerprint density at radius 1 is 1.00 bits per heavy atom. The molecular formula is C28H35ClN2O4S2. The van der Waals surface area contributed by atoms with E-state index < -0.39 is 15.9 Å². The molecular weight excluding hydrogens is 528 g/mol. The number of amides is 1. The average Bonchev–Trinajstić information content (AvgIpc) is 2.88. The van der Waals surface area contributed by atoms with E-state index in [4.69, 9.17) is 16.3 Å². The first-order valence-corrected chi connectivity index (χ1v) is 16.4. The minimum absolute atomic E-state index is 0.0287. The summed E-state index contributed by atoms with van der Waals surface area (Å²) < 4.78 is 33.8. The fourth-order valence-corrected chi connectivity index (χ4v) is 8.14. The van der Waals surface area contributed by atoms with Crippen molar-refractivity contribution in [3.63, 3.8) is 0 Å². The summed E-state index contributed by atoms with van der Waals surface area (Å²) in [5, 5.41) is 1.37. The van der Waals surface area contributed by atoms with Crippen LogP contribution in [-0.2, 0) is 23.1 Å². The first-order valence-electron chi connectivity index (χ1n) is 13.3. The van der Waals surface area contributed by atoms with E-state index in [0.717, 1.165) is 67.2 Å². The van der Waals surface area contributed by atoms with Crippen LogP contribution in [-0.4, -0.2) is 44.2 Å². The molecule has 2 heterocycles. The van der Waals surface area contributed by atoms with E-state index in [2.05, 4.69) is 9.62 Å². The van der Waals surface area contributed by atoms with Crippen LogP contribution in [0.25, 0.3) is 0 Å². The number of sulfonamides is 1. The highest BCUT2D eigenvalue weighted by molar-refractivity contribution is 7.99. The number of ether oxygens (including phenoxy) is 1. The molecule has 0 saturated heterocycles. The Morgan fingerprint density at radius 3 is 2.73 bits per heavy atom. The maximum atomic E-state index is 13.0. The molecule has 1 fully saturated rings. The fourth-order valence-electron chi connectivity index (χ4n) is 5.39. The van der Waals surface area contributed by atoms with Gasteiger partial charge in [-0.05, 0) is 98.1 Å². The van der Waals surface area contributed by atoms with E-state index in [-0.39, 0.29) is 5.75 Å². The second-order valence-electron chi connectivity index (χ2n) is 10.3. The number of hydrogen-bond acceptors (Lipinski definition) is 6. The van der Waals surface area contributed by atoms with Gasteiger partial charge in [-0.15, -0.1) is 0 Å². The van der Waals surface area contributed by atoms with Crippen LogP contribution < -0.4 is 14.4 Å². The summed E-state index contributed by atoms with van der Waals surface area (Å²) in [7, 11) is -3.68. The zero-order chi connectivity index (χ0) is 25.8. The number of hydrogen-bond donors (Lipinski definition) is 1. The third-order valence-electron chi connectivity index (χ3n) is 7.68. The lowest BCUT2D eigenvalue weighted by Crippen LogP contribution is -2.41. The van der Waals surface area contributed by atoms with E-state index in [1.54, 1.807) is 6.07 Å². The van der Waals surface area contributed by atoms with Crippen molar-refractivity contribution in [1.82, 2.24) is 4.72 Å². The summed E-state index contributed by atoms with van der Waals surface area (Å²) >= 11 is 8.33. The highest BCUT2D eigenvalue weighted by Crippen LogP contribution is 2.41. The Balaban J connectivity index is 1.49. The Labute approximate surface area is 229 Å². The molecule has 2 atom stereocenters. The van der Waals surface area contributed by atoms with E-state index in [9.17, 15) is 13.2 Å². The lowest BCUT2D eigenvalue weighted by atomic mass is 9.84. The van der Waals surface area contributed by atoms with Crippen molar-refractivity contribution in [2.75, 3.05) is 29.5 Å². The van der Waals surface area contributed by atoms with Crippen molar-refractivity contribution < 1.29 is 17.9 Å². The summed E-state index contributed by atoms with van der Waals surface area (Å²) in [5.41, 5.74) is 3.53. The number of carbonyl (C=O) groups excluding carboxylic acids is 1. The number of rotatable bonds is 0. The van der Waals surface area contributed by atoms with Crippen LogP contribution in [0.3, 0.4) is 0 Å². The Morgan fingerprint density at radius 2 is 1.89 bits per heavy atom. The minimum Gasteiger partial charge on any atom is -0.487 e. The highest BCUT2D eigenvalue weighted by Gasteiger charge is 2.33. The molecule has 9 heteroatoms. The molecule has 0 spiro atoms. The third-order valence-corrected chi connectivity index (χ3v) is 10.8. The van der Waals surface area contributed by atoms with Crippen molar-refractivity contribution >= 4 is 45.0 Å².